The van der Waals surface area contributed by atoms with E-state index in [9.17, 15) is 13.2 Å². The first-order valence-electron chi connectivity index (χ1n) is 10.8. The molecule has 1 heterocycles. The number of anilines is 1. The third-order valence-corrected chi connectivity index (χ3v) is 7.25. The van der Waals surface area contributed by atoms with E-state index in [1.165, 1.54) is 19.3 Å². The minimum absolute atomic E-state index is 0.0757. The van der Waals surface area contributed by atoms with Crippen molar-refractivity contribution in [2.24, 2.45) is 11.8 Å². The van der Waals surface area contributed by atoms with Crippen molar-refractivity contribution in [3.63, 3.8) is 0 Å². The number of carbonyl (C=O) groups excluding carboxylic acids is 1. The van der Waals surface area contributed by atoms with Gasteiger partial charge in [-0.1, -0.05) is 26.2 Å². The summed E-state index contributed by atoms with van der Waals surface area (Å²) in [5.74, 6) is 0.694. The summed E-state index contributed by atoms with van der Waals surface area (Å²) in [4.78, 5) is 16.5. The zero-order valence-electron chi connectivity index (χ0n) is 17.2. The van der Waals surface area contributed by atoms with E-state index in [1.54, 1.807) is 18.3 Å². The fourth-order valence-electron chi connectivity index (χ4n) is 4.18. The summed E-state index contributed by atoms with van der Waals surface area (Å²) in [5, 5.41) is 2.60. The number of nitrogens with zero attached hydrogens (tertiary/aromatic N) is 1. The Morgan fingerprint density at radius 3 is 2.59 bits per heavy atom. The minimum atomic E-state index is -3.69. The van der Waals surface area contributed by atoms with Crippen molar-refractivity contribution in [2.75, 3.05) is 17.7 Å². The summed E-state index contributed by atoms with van der Waals surface area (Å²) >= 11 is 0. The summed E-state index contributed by atoms with van der Waals surface area (Å²) in [6, 6.07) is 3.42. The maximum atomic E-state index is 12.4. The Labute approximate surface area is 174 Å². The second-order valence-corrected chi connectivity index (χ2v) is 10.3. The molecule has 0 saturated heterocycles. The molecule has 0 unspecified atom stereocenters. The van der Waals surface area contributed by atoms with Crippen LogP contribution in [-0.4, -0.2) is 37.7 Å². The van der Waals surface area contributed by atoms with Gasteiger partial charge < -0.3 is 10.1 Å². The van der Waals surface area contributed by atoms with Gasteiger partial charge in [0.05, 0.1) is 6.61 Å². The fraction of sp³-hybridized carbons (Fsp3) is 0.714. The maximum Gasteiger partial charge on any atom is 0.242 e. The average Bonchev–Trinajstić information content (AvgIpc) is 2.69. The molecule has 0 atom stereocenters. The maximum absolute atomic E-state index is 12.4. The number of nitrogens with one attached hydrogen (secondary N) is 2. The van der Waals surface area contributed by atoms with Gasteiger partial charge in [0.1, 0.15) is 5.75 Å². The Morgan fingerprint density at radius 2 is 1.86 bits per heavy atom. The molecule has 3 rings (SSSR count). The lowest BCUT2D eigenvalue weighted by atomic mass is 9.88. The lowest BCUT2D eigenvalue weighted by molar-refractivity contribution is -0.113. The monoisotopic (exact) mass is 423 g/mol. The van der Waals surface area contributed by atoms with Crippen molar-refractivity contribution in [1.29, 1.82) is 0 Å². The van der Waals surface area contributed by atoms with Crippen molar-refractivity contribution in [2.45, 2.75) is 70.8 Å². The van der Waals surface area contributed by atoms with Gasteiger partial charge >= 0.3 is 0 Å². The molecule has 1 aromatic rings. The highest BCUT2D eigenvalue weighted by molar-refractivity contribution is 7.90. The standard InChI is InChI=1S/C21H33N3O4S/c1-16-9-11-18(12-10-16)24-29(26,27)15-20(25)23-21-19(8-5-13-22-21)28-14-17-6-3-2-4-7-17/h5,8,13,16-18,24H,2-4,6-7,9-12,14-15H2,1H3,(H,22,23,25). The van der Waals surface area contributed by atoms with E-state index in [4.69, 9.17) is 4.74 Å². The van der Waals surface area contributed by atoms with Crippen LogP contribution in [0.15, 0.2) is 18.3 Å². The Morgan fingerprint density at radius 1 is 1.14 bits per heavy atom. The molecule has 162 valence electrons. The molecular weight excluding hydrogens is 390 g/mol. The number of sulfonamides is 1. The second kappa shape index (κ2) is 10.4. The number of aromatic nitrogens is 1. The molecule has 0 bridgehead atoms. The molecule has 0 spiro atoms. The SMILES string of the molecule is CC1CCC(NS(=O)(=O)CC(=O)Nc2ncccc2OCC2CCCCC2)CC1. The Kier molecular flexibility index (Phi) is 7.89. The quantitative estimate of drug-likeness (QED) is 0.667. The Hall–Kier alpha value is -1.67. The van der Waals surface area contributed by atoms with Crippen LogP contribution in [0.3, 0.4) is 0 Å². The zero-order chi connectivity index (χ0) is 20.7. The second-order valence-electron chi connectivity index (χ2n) is 8.55. The molecule has 0 aliphatic heterocycles. The highest BCUT2D eigenvalue weighted by Crippen LogP contribution is 2.27. The summed E-state index contributed by atoms with van der Waals surface area (Å²) in [7, 11) is -3.69. The van der Waals surface area contributed by atoms with Crippen molar-refractivity contribution in [3.8, 4) is 5.75 Å². The van der Waals surface area contributed by atoms with Crippen LogP contribution in [0.25, 0.3) is 0 Å². The van der Waals surface area contributed by atoms with Crippen LogP contribution >= 0.6 is 0 Å². The van der Waals surface area contributed by atoms with Crippen molar-refractivity contribution >= 4 is 21.7 Å². The summed E-state index contributed by atoms with van der Waals surface area (Å²) in [6.07, 6.45) is 11.3. The first kappa shape index (κ1) is 22.0. The Bertz CT molecular complexity index is 770. The van der Waals surface area contributed by atoms with Crippen LogP contribution in [0.4, 0.5) is 5.82 Å². The molecule has 2 fully saturated rings. The molecule has 1 amide bonds. The molecular formula is C21H33N3O4S. The summed E-state index contributed by atoms with van der Waals surface area (Å²) in [5.41, 5.74) is 0. The lowest BCUT2D eigenvalue weighted by Crippen LogP contribution is -2.41. The van der Waals surface area contributed by atoms with Crippen LogP contribution in [-0.2, 0) is 14.8 Å². The number of carbonyl (C=O) groups is 1. The van der Waals surface area contributed by atoms with Gasteiger partial charge in [0, 0.05) is 12.2 Å². The number of amides is 1. The predicted octanol–water partition coefficient (Wildman–Crippen LogP) is 3.48. The molecule has 0 radical (unpaired) electrons. The average molecular weight is 424 g/mol. The first-order chi connectivity index (χ1) is 13.9. The lowest BCUT2D eigenvalue weighted by Gasteiger charge is -2.26. The largest absolute Gasteiger partial charge is 0.489 e. The third-order valence-electron chi connectivity index (χ3n) is 5.91. The van der Waals surface area contributed by atoms with Gasteiger partial charge in [0.15, 0.2) is 11.6 Å². The van der Waals surface area contributed by atoms with Gasteiger partial charge in [-0.15, -0.1) is 0 Å². The fourth-order valence-corrected chi connectivity index (χ4v) is 5.42. The number of ether oxygens (including phenoxy) is 1. The summed E-state index contributed by atoms with van der Waals surface area (Å²) in [6.45, 7) is 2.77. The van der Waals surface area contributed by atoms with E-state index in [0.717, 1.165) is 38.5 Å². The van der Waals surface area contributed by atoms with E-state index in [0.29, 0.717) is 24.2 Å². The van der Waals surface area contributed by atoms with Gasteiger partial charge in [-0.2, -0.15) is 0 Å². The molecule has 1 aromatic heterocycles. The smallest absolute Gasteiger partial charge is 0.242 e. The zero-order valence-corrected chi connectivity index (χ0v) is 18.0. The van der Waals surface area contributed by atoms with E-state index in [1.807, 2.05) is 0 Å². The molecule has 0 aromatic carbocycles. The van der Waals surface area contributed by atoms with Gasteiger partial charge in [0.2, 0.25) is 15.9 Å². The third kappa shape index (κ3) is 7.26. The van der Waals surface area contributed by atoms with Crippen LogP contribution in [0.1, 0.15) is 64.7 Å². The molecule has 2 saturated carbocycles. The summed E-state index contributed by atoms with van der Waals surface area (Å²) < 4.78 is 33.3. The minimum Gasteiger partial charge on any atom is -0.489 e. The van der Waals surface area contributed by atoms with Crippen LogP contribution in [0.5, 0.6) is 5.75 Å². The van der Waals surface area contributed by atoms with Gasteiger partial charge in [0.25, 0.3) is 0 Å². The topological polar surface area (TPSA) is 97.4 Å². The van der Waals surface area contributed by atoms with E-state index < -0.39 is 21.7 Å². The number of hydrogen-bond donors (Lipinski definition) is 2. The highest BCUT2D eigenvalue weighted by Gasteiger charge is 2.25. The molecule has 8 heteroatoms. The van der Waals surface area contributed by atoms with Crippen LogP contribution < -0.4 is 14.8 Å². The number of pyridine rings is 1. The van der Waals surface area contributed by atoms with E-state index >= 15 is 0 Å². The van der Waals surface area contributed by atoms with Crippen molar-refractivity contribution in [1.82, 2.24) is 9.71 Å². The van der Waals surface area contributed by atoms with E-state index in [-0.39, 0.29) is 11.9 Å². The molecule has 2 aliphatic rings. The molecule has 2 aliphatic carbocycles. The normalized spacial score (nSPS) is 23.5. The number of hydrogen-bond acceptors (Lipinski definition) is 5. The first-order valence-corrected chi connectivity index (χ1v) is 12.4. The van der Waals surface area contributed by atoms with Crippen LogP contribution in [0, 0.1) is 11.8 Å². The Balaban J connectivity index is 1.51. The van der Waals surface area contributed by atoms with Gasteiger partial charge in [-0.05, 0) is 62.5 Å². The number of rotatable bonds is 8. The highest BCUT2D eigenvalue weighted by atomic mass is 32.2. The van der Waals surface area contributed by atoms with E-state index in [2.05, 4.69) is 21.9 Å². The molecule has 29 heavy (non-hydrogen) atoms. The van der Waals surface area contributed by atoms with Gasteiger partial charge in [-0.25, -0.2) is 18.1 Å². The van der Waals surface area contributed by atoms with Crippen molar-refractivity contribution < 1.29 is 17.9 Å². The van der Waals surface area contributed by atoms with Crippen LogP contribution in [0.2, 0.25) is 0 Å². The molecule has 7 nitrogen and oxygen atoms in total. The predicted molar refractivity (Wildman–Crippen MR) is 113 cm³/mol. The van der Waals surface area contributed by atoms with Gasteiger partial charge in [-0.3, -0.25) is 4.79 Å². The van der Waals surface area contributed by atoms with Crippen molar-refractivity contribution in [3.05, 3.63) is 18.3 Å². The molecule has 2 N–H and O–H groups in total.